The van der Waals surface area contributed by atoms with E-state index in [1.165, 1.54) is 38.1 Å². The molecule has 18 heavy (non-hydrogen) atoms. The number of rotatable bonds is 4. The summed E-state index contributed by atoms with van der Waals surface area (Å²) in [5.74, 6) is -0.348. The molecule has 96 valence electrons. The molecule has 0 aliphatic rings. The summed E-state index contributed by atoms with van der Waals surface area (Å²) < 4.78 is 4.84. The SMILES string of the molecule is CC(=N)/C(NO)=C(\O)c1ccc(OC(C)=O)cc1. The molecule has 1 aromatic carbocycles. The summed E-state index contributed by atoms with van der Waals surface area (Å²) in [5.41, 5.74) is 2.05. The van der Waals surface area contributed by atoms with Gasteiger partial charge >= 0.3 is 5.97 Å². The third-order valence-electron chi connectivity index (χ3n) is 2.11. The van der Waals surface area contributed by atoms with Crippen LogP contribution in [0.15, 0.2) is 30.0 Å². The van der Waals surface area contributed by atoms with Crippen LogP contribution in [0.4, 0.5) is 0 Å². The normalized spacial score (nSPS) is 11.5. The molecule has 6 heteroatoms. The van der Waals surface area contributed by atoms with Gasteiger partial charge in [0.1, 0.15) is 17.2 Å². The summed E-state index contributed by atoms with van der Waals surface area (Å²) in [6, 6.07) is 6.02. The highest BCUT2D eigenvalue weighted by molar-refractivity contribution is 6.00. The van der Waals surface area contributed by atoms with E-state index in [4.69, 9.17) is 15.4 Å². The second-order valence-corrected chi connectivity index (χ2v) is 3.58. The molecule has 0 radical (unpaired) electrons. The first-order chi connectivity index (χ1) is 8.45. The Hall–Kier alpha value is -2.34. The zero-order valence-electron chi connectivity index (χ0n) is 10.0. The third kappa shape index (κ3) is 3.33. The Morgan fingerprint density at radius 3 is 2.22 bits per heavy atom. The number of ether oxygens (including phenoxy) is 1. The second kappa shape index (κ2) is 5.83. The smallest absolute Gasteiger partial charge is 0.308 e. The largest absolute Gasteiger partial charge is 0.505 e. The monoisotopic (exact) mass is 250 g/mol. The Kier molecular flexibility index (Phi) is 4.45. The Balaban J connectivity index is 3.04. The van der Waals surface area contributed by atoms with Gasteiger partial charge in [0, 0.05) is 12.5 Å². The Morgan fingerprint density at radius 2 is 1.83 bits per heavy atom. The van der Waals surface area contributed by atoms with Gasteiger partial charge in [-0.1, -0.05) is 0 Å². The maximum atomic E-state index is 10.7. The summed E-state index contributed by atoms with van der Waals surface area (Å²) in [5, 5.41) is 26.0. The van der Waals surface area contributed by atoms with E-state index in [-0.39, 0.29) is 17.2 Å². The second-order valence-electron chi connectivity index (χ2n) is 3.58. The molecule has 0 heterocycles. The highest BCUT2D eigenvalue weighted by atomic mass is 16.5. The molecule has 0 unspecified atom stereocenters. The summed E-state index contributed by atoms with van der Waals surface area (Å²) in [4.78, 5) is 10.7. The number of hydroxylamine groups is 1. The van der Waals surface area contributed by atoms with Crippen LogP contribution in [0.25, 0.3) is 5.76 Å². The van der Waals surface area contributed by atoms with Gasteiger partial charge in [-0.2, -0.15) is 0 Å². The van der Waals surface area contributed by atoms with Crippen LogP contribution in [-0.4, -0.2) is 22.0 Å². The molecular formula is C12H14N2O4. The van der Waals surface area contributed by atoms with Crippen LogP contribution in [-0.2, 0) is 4.79 Å². The van der Waals surface area contributed by atoms with E-state index in [1.54, 1.807) is 5.48 Å². The Morgan fingerprint density at radius 1 is 1.28 bits per heavy atom. The number of aliphatic hydroxyl groups is 1. The standard InChI is InChI=1S/C12H14N2O4/c1-7(13)11(14-17)12(16)9-3-5-10(6-4-9)18-8(2)15/h3-6,13-14,16-17H,1-2H3/b12-11+,13-7?. The fourth-order valence-corrected chi connectivity index (χ4v) is 1.31. The van der Waals surface area contributed by atoms with E-state index in [0.717, 1.165) is 0 Å². The number of benzene rings is 1. The van der Waals surface area contributed by atoms with Gasteiger partial charge in [-0.05, 0) is 31.2 Å². The van der Waals surface area contributed by atoms with Crippen molar-refractivity contribution in [2.45, 2.75) is 13.8 Å². The van der Waals surface area contributed by atoms with Crippen molar-refractivity contribution < 1.29 is 19.8 Å². The van der Waals surface area contributed by atoms with Gasteiger partial charge in [0.15, 0.2) is 0 Å². The van der Waals surface area contributed by atoms with E-state index in [0.29, 0.717) is 11.3 Å². The highest BCUT2D eigenvalue weighted by Crippen LogP contribution is 2.19. The molecule has 0 amide bonds. The van der Waals surface area contributed by atoms with Gasteiger partial charge in [0.25, 0.3) is 0 Å². The Bertz CT molecular complexity index is 491. The summed E-state index contributed by atoms with van der Waals surface area (Å²) in [6.07, 6.45) is 0. The predicted octanol–water partition coefficient (Wildman–Crippen LogP) is 1.86. The van der Waals surface area contributed by atoms with Crippen LogP contribution in [0.3, 0.4) is 0 Å². The van der Waals surface area contributed by atoms with Crippen molar-refractivity contribution in [1.82, 2.24) is 5.48 Å². The van der Waals surface area contributed by atoms with Crippen LogP contribution in [0.1, 0.15) is 19.4 Å². The van der Waals surface area contributed by atoms with Crippen molar-refractivity contribution in [3.05, 3.63) is 35.5 Å². The van der Waals surface area contributed by atoms with Gasteiger partial charge in [0.05, 0.1) is 5.71 Å². The molecule has 0 saturated carbocycles. The minimum Gasteiger partial charge on any atom is -0.505 e. The van der Waals surface area contributed by atoms with Crippen molar-refractivity contribution >= 4 is 17.4 Å². The van der Waals surface area contributed by atoms with E-state index in [2.05, 4.69) is 0 Å². The number of hydrogen-bond donors (Lipinski definition) is 4. The molecule has 0 aromatic heterocycles. The molecule has 0 aliphatic carbocycles. The van der Waals surface area contributed by atoms with E-state index in [1.807, 2.05) is 0 Å². The Labute approximate surface area is 104 Å². The topological polar surface area (TPSA) is 103 Å². The number of aliphatic hydroxyl groups excluding tert-OH is 1. The number of nitrogens with one attached hydrogen (secondary N) is 2. The van der Waals surface area contributed by atoms with Gasteiger partial charge < -0.3 is 15.3 Å². The molecule has 1 rings (SSSR count). The summed E-state index contributed by atoms with van der Waals surface area (Å²) in [7, 11) is 0. The lowest BCUT2D eigenvalue weighted by Crippen LogP contribution is -2.16. The van der Waals surface area contributed by atoms with Crippen molar-refractivity contribution in [2.75, 3.05) is 0 Å². The summed E-state index contributed by atoms with van der Waals surface area (Å²) >= 11 is 0. The van der Waals surface area contributed by atoms with Crippen LogP contribution in [0.2, 0.25) is 0 Å². The van der Waals surface area contributed by atoms with Gasteiger partial charge in [-0.3, -0.25) is 15.5 Å². The number of allylic oxidation sites excluding steroid dienone is 1. The first-order valence-electron chi connectivity index (χ1n) is 5.13. The molecule has 0 atom stereocenters. The molecule has 0 spiro atoms. The minimum absolute atomic E-state index is 0.0148. The van der Waals surface area contributed by atoms with Gasteiger partial charge in [-0.25, -0.2) is 0 Å². The summed E-state index contributed by atoms with van der Waals surface area (Å²) in [6.45, 7) is 2.71. The first kappa shape index (κ1) is 13.7. The third-order valence-corrected chi connectivity index (χ3v) is 2.11. The fraction of sp³-hybridized carbons (Fsp3) is 0.167. The number of carbonyl (C=O) groups excluding carboxylic acids is 1. The van der Waals surface area contributed by atoms with Crippen LogP contribution < -0.4 is 10.2 Å². The lowest BCUT2D eigenvalue weighted by molar-refractivity contribution is -0.131. The number of hydrogen-bond acceptors (Lipinski definition) is 6. The van der Waals surface area contributed by atoms with Crippen molar-refractivity contribution in [2.24, 2.45) is 0 Å². The van der Waals surface area contributed by atoms with Crippen molar-refractivity contribution in [3.8, 4) is 5.75 Å². The molecule has 0 aliphatic heterocycles. The molecule has 0 fully saturated rings. The van der Waals surface area contributed by atoms with Crippen LogP contribution in [0, 0.1) is 5.41 Å². The molecular weight excluding hydrogens is 236 g/mol. The first-order valence-corrected chi connectivity index (χ1v) is 5.13. The maximum absolute atomic E-state index is 10.7. The van der Waals surface area contributed by atoms with E-state index >= 15 is 0 Å². The zero-order valence-corrected chi connectivity index (χ0v) is 10.0. The van der Waals surface area contributed by atoms with Gasteiger partial charge in [0.2, 0.25) is 0 Å². The van der Waals surface area contributed by atoms with E-state index in [9.17, 15) is 9.90 Å². The van der Waals surface area contributed by atoms with Crippen LogP contribution in [0.5, 0.6) is 5.75 Å². The number of carbonyl (C=O) groups is 1. The molecule has 6 nitrogen and oxygen atoms in total. The fourth-order valence-electron chi connectivity index (χ4n) is 1.31. The van der Waals surface area contributed by atoms with Crippen molar-refractivity contribution in [1.29, 1.82) is 5.41 Å². The van der Waals surface area contributed by atoms with Gasteiger partial charge in [-0.15, -0.1) is 0 Å². The molecule has 0 bridgehead atoms. The minimum atomic E-state index is -0.435. The van der Waals surface area contributed by atoms with E-state index < -0.39 is 5.97 Å². The lowest BCUT2D eigenvalue weighted by Gasteiger charge is -2.08. The lowest BCUT2D eigenvalue weighted by atomic mass is 10.1. The quantitative estimate of drug-likeness (QED) is 0.215. The zero-order chi connectivity index (χ0) is 13.7. The average Bonchev–Trinajstić information content (AvgIpc) is 2.29. The highest BCUT2D eigenvalue weighted by Gasteiger charge is 2.10. The predicted molar refractivity (Wildman–Crippen MR) is 65.6 cm³/mol. The molecule has 4 N–H and O–H groups in total. The van der Waals surface area contributed by atoms with Crippen LogP contribution >= 0.6 is 0 Å². The van der Waals surface area contributed by atoms with Crippen molar-refractivity contribution in [3.63, 3.8) is 0 Å². The maximum Gasteiger partial charge on any atom is 0.308 e. The molecule has 0 saturated heterocycles. The average molecular weight is 250 g/mol. The molecule has 1 aromatic rings. The number of esters is 1.